The van der Waals surface area contributed by atoms with Crippen LogP contribution in [-0.4, -0.2) is 33.1 Å². The van der Waals surface area contributed by atoms with Crippen LogP contribution in [0.4, 0.5) is 14.5 Å². The Bertz CT molecular complexity index is 974. The maximum absolute atomic E-state index is 13.7. The third-order valence-electron chi connectivity index (χ3n) is 3.88. The molecule has 0 aliphatic carbocycles. The lowest BCUT2D eigenvalue weighted by Gasteiger charge is -2.12. The molecule has 0 fully saturated rings. The zero-order valence-corrected chi connectivity index (χ0v) is 15.8. The zero-order valence-electron chi connectivity index (χ0n) is 15.0. The highest BCUT2D eigenvalue weighted by atomic mass is 32.2. The Morgan fingerprint density at radius 1 is 1.18 bits per heavy atom. The first kappa shape index (κ1) is 19.6. The molecule has 146 valence electrons. The van der Waals surface area contributed by atoms with Gasteiger partial charge < -0.3 is 15.9 Å². The summed E-state index contributed by atoms with van der Waals surface area (Å²) in [5.41, 5.74) is 0.223. The van der Waals surface area contributed by atoms with Gasteiger partial charge in [0.2, 0.25) is 11.1 Å². The van der Waals surface area contributed by atoms with E-state index in [1.807, 2.05) is 0 Å². The molecule has 0 aliphatic rings. The van der Waals surface area contributed by atoms with Gasteiger partial charge in [0.05, 0.1) is 12.4 Å². The summed E-state index contributed by atoms with van der Waals surface area (Å²) in [6, 6.07) is 10.4. The number of rotatable bonds is 6. The van der Waals surface area contributed by atoms with Crippen LogP contribution >= 0.6 is 11.8 Å². The van der Waals surface area contributed by atoms with Crippen molar-refractivity contribution in [2.75, 3.05) is 18.3 Å². The third kappa shape index (κ3) is 4.06. The molecule has 2 aromatic carbocycles. The number of halogens is 2. The number of ether oxygens (including phenoxy) is 1. The summed E-state index contributed by atoms with van der Waals surface area (Å²) in [5, 5.41) is 9.83. The number of aromatic nitrogens is 3. The van der Waals surface area contributed by atoms with Crippen LogP contribution in [0.5, 0.6) is 5.75 Å². The molecule has 0 bridgehead atoms. The number of nitrogens with one attached hydrogen (secondary N) is 1. The number of thioether (sulfide) groups is 1. The van der Waals surface area contributed by atoms with Crippen LogP contribution in [0.1, 0.15) is 6.92 Å². The quantitative estimate of drug-likeness (QED) is 0.483. The summed E-state index contributed by atoms with van der Waals surface area (Å²) in [6.07, 6.45) is 0. The Balaban J connectivity index is 1.73. The highest BCUT2D eigenvalue weighted by Gasteiger charge is 2.22. The maximum atomic E-state index is 13.7. The number of methoxy groups -OCH3 is 1. The fourth-order valence-corrected chi connectivity index (χ4v) is 3.12. The lowest BCUT2D eigenvalue weighted by Crippen LogP contribution is -2.24. The van der Waals surface area contributed by atoms with Crippen LogP contribution in [-0.2, 0) is 4.79 Å². The molecule has 3 N–H and O–H groups in total. The van der Waals surface area contributed by atoms with Crippen molar-refractivity contribution in [2.45, 2.75) is 17.3 Å². The number of carbonyl (C=O) groups is 1. The number of benzene rings is 2. The monoisotopic (exact) mass is 405 g/mol. The van der Waals surface area contributed by atoms with Crippen molar-refractivity contribution in [1.82, 2.24) is 14.9 Å². The van der Waals surface area contributed by atoms with Crippen molar-refractivity contribution in [2.24, 2.45) is 0 Å². The average Bonchev–Trinajstić information content (AvgIpc) is 3.05. The summed E-state index contributed by atoms with van der Waals surface area (Å²) in [4.78, 5) is 12.3. The van der Waals surface area contributed by atoms with Gasteiger partial charge in [0.25, 0.3) is 0 Å². The Labute approximate surface area is 163 Å². The summed E-state index contributed by atoms with van der Waals surface area (Å²) >= 11 is 1.02. The van der Waals surface area contributed by atoms with Crippen molar-refractivity contribution >= 4 is 23.4 Å². The number of hydrogen-bond acceptors (Lipinski definition) is 6. The van der Waals surface area contributed by atoms with E-state index in [0.717, 1.165) is 23.9 Å². The Kier molecular flexibility index (Phi) is 5.78. The fourth-order valence-electron chi connectivity index (χ4n) is 2.35. The molecule has 28 heavy (non-hydrogen) atoms. The second-order valence-electron chi connectivity index (χ2n) is 5.75. The maximum Gasteiger partial charge on any atom is 0.237 e. The molecule has 1 aromatic heterocycles. The molecule has 7 nitrogen and oxygen atoms in total. The number of nitrogen functional groups attached to an aromatic ring is 1. The van der Waals surface area contributed by atoms with E-state index in [4.69, 9.17) is 10.6 Å². The first-order chi connectivity index (χ1) is 13.4. The molecule has 1 amide bonds. The van der Waals surface area contributed by atoms with Crippen molar-refractivity contribution < 1.29 is 18.3 Å². The normalized spacial score (nSPS) is 11.9. The van der Waals surface area contributed by atoms with Crippen LogP contribution in [0.3, 0.4) is 0 Å². The highest BCUT2D eigenvalue weighted by Crippen LogP contribution is 2.27. The summed E-state index contributed by atoms with van der Waals surface area (Å²) < 4.78 is 33.7. The predicted molar refractivity (Wildman–Crippen MR) is 102 cm³/mol. The van der Waals surface area contributed by atoms with Gasteiger partial charge in [-0.2, -0.15) is 0 Å². The van der Waals surface area contributed by atoms with Gasteiger partial charge in [-0.1, -0.05) is 17.8 Å². The third-order valence-corrected chi connectivity index (χ3v) is 4.93. The molecule has 3 rings (SSSR count). The summed E-state index contributed by atoms with van der Waals surface area (Å²) in [7, 11) is 1.56. The molecule has 1 atom stereocenters. The van der Waals surface area contributed by atoms with Crippen LogP contribution < -0.4 is 15.9 Å². The van der Waals surface area contributed by atoms with Gasteiger partial charge in [0, 0.05) is 5.56 Å². The number of carbonyl (C=O) groups excluding carboxylic acids is 1. The zero-order chi connectivity index (χ0) is 20.3. The molecule has 3 aromatic rings. The minimum Gasteiger partial charge on any atom is -0.497 e. The topological polar surface area (TPSA) is 95.1 Å². The number of nitrogens with two attached hydrogens (primary N) is 1. The van der Waals surface area contributed by atoms with E-state index in [0.29, 0.717) is 17.1 Å². The SMILES string of the molecule is COc1ccc(-c2nnc(S[C@H](C)C(=O)Nc3c(F)cccc3F)n2N)cc1. The Hall–Kier alpha value is -3.14. The molecule has 0 radical (unpaired) electrons. The van der Waals surface area contributed by atoms with Gasteiger partial charge in [0.1, 0.15) is 23.1 Å². The van der Waals surface area contributed by atoms with E-state index < -0.39 is 28.5 Å². The van der Waals surface area contributed by atoms with E-state index in [1.54, 1.807) is 38.3 Å². The van der Waals surface area contributed by atoms with Crippen molar-refractivity contribution in [3.63, 3.8) is 0 Å². The lowest BCUT2D eigenvalue weighted by molar-refractivity contribution is -0.115. The van der Waals surface area contributed by atoms with E-state index in [-0.39, 0.29) is 5.16 Å². The molecule has 0 aliphatic heterocycles. The summed E-state index contributed by atoms with van der Waals surface area (Å²) in [5.74, 6) is 4.83. The standard InChI is InChI=1S/C18H17F2N5O2S/c1-10(17(26)22-15-13(19)4-3-5-14(15)20)28-18-24-23-16(25(18)21)11-6-8-12(27-2)9-7-11/h3-10H,21H2,1-2H3,(H,22,26)/t10-/m1/s1. The largest absolute Gasteiger partial charge is 0.497 e. The Morgan fingerprint density at radius 2 is 1.82 bits per heavy atom. The van der Waals surface area contributed by atoms with E-state index in [1.165, 1.54) is 10.7 Å². The molecular formula is C18H17F2N5O2S. The Morgan fingerprint density at radius 3 is 2.43 bits per heavy atom. The second kappa shape index (κ2) is 8.26. The predicted octanol–water partition coefficient (Wildman–Crippen LogP) is 3.07. The number of para-hydroxylation sites is 1. The van der Waals surface area contributed by atoms with E-state index in [2.05, 4.69) is 15.5 Å². The summed E-state index contributed by atoms with van der Waals surface area (Å²) in [6.45, 7) is 1.57. The van der Waals surface area contributed by atoms with Crippen LogP contribution in [0, 0.1) is 11.6 Å². The molecule has 0 unspecified atom stereocenters. The molecule has 10 heteroatoms. The van der Waals surface area contributed by atoms with Crippen molar-refractivity contribution in [3.8, 4) is 17.1 Å². The molecular weight excluding hydrogens is 388 g/mol. The van der Waals surface area contributed by atoms with E-state index >= 15 is 0 Å². The highest BCUT2D eigenvalue weighted by molar-refractivity contribution is 8.00. The van der Waals surface area contributed by atoms with Crippen molar-refractivity contribution in [1.29, 1.82) is 0 Å². The fraction of sp³-hybridized carbons (Fsp3) is 0.167. The van der Waals surface area contributed by atoms with Crippen LogP contribution in [0.15, 0.2) is 47.6 Å². The van der Waals surface area contributed by atoms with Gasteiger partial charge in [-0.25, -0.2) is 13.5 Å². The van der Waals surface area contributed by atoms with Crippen LogP contribution in [0.2, 0.25) is 0 Å². The molecule has 0 saturated carbocycles. The number of anilines is 1. The average molecular weight is 405 g/mol. The van der Waals surface area contributed by atoms with Crippen LogP contribution in [0.25, 0.3) is 11.4 Å². The molecule has 1 heterocycles. The van der Waals surface area contributed by atoms with E-state index in [9.17, 15) is 13.6 Å². The minimum atomic E-state index is -0.852. The first-order valence-electron chi connectivity index (χ1n) is 8.17. The van der Waals surface area contributed by atoms with Gasteiger partial charge in [-0.15, -0.1) is 10.2 Å². The van der Waals surface area contributed by atoms with Gasteiger partial charge in [-0.05, 0) is 43.3 Å². The smallest absolute Gasteiger partial charge is 0.237 e. The van der Waals surface area contributed by atoms with Gasteiger partial charge in [-0.3, -0.25) is 4.79 Å². The molecule has 0 saturated heterocycles. The van der Waals surface area contributed by atoms with Gasteiger partial charge in [0.15, 0.2) is 5.82 Å². The molecule has 0 spiro atoms. The minimum absolute atomic E-state index is 0.280. The van der Waals surface area contributed by atoms with Crippen molar-refractivity contribution in [3.05, 3.63) is 54.1 Å². The van der Waals surface area contributed by atoms with Gasteiger partial charge >= 0.3 is 0 Å². The second-order valence-corrected chi connectivity index (χ2v) is 7.06. The first-order valence-corrected chi connectivity index (χ1v) is 9.05. The number of amides is 1. The number of hydrogen-bond donors (Lipinski definition) is 2. The lowest BCUT2D eigenvalue weighted by atomic mass is 10.2. The number of nitrogens with zero attached hydrogens (tertiary/aromatic N) is 3.